The monoisotopic (exact) mass is 212 g/mol. The predicted octanol–water partition coefficient (Wildman–Crippen LogP) is 2.21. The van der Waals surface area contributed by atoms with Crippen molar-refractivity contribution in [2.24, 2.45) is 5.73 Å². The Morgan fingerprint density at radius 1 is 1.46 bits per heavy atom. The Morgan fingerprint density at radius 2 is 2.08 bits per heavy atom. The molecule has 0 spiro atoms. The first kappa shape index (κ1) is 10.5. The molecule has 0 saturated heterocycles. The second-order valence-electron chi connectivity index (χ2n) is 2.52. The minimum Gasteiger partial charge on any atom is -0.341 e. The molecule has 0 bridgehead atoms. The fourth-order valence-electron chi connectivity index (χ4n) is 0.893. The van der Waals surface area contributed by atoms with Gasteiger partial charge in [-0.3, -0.25) is 0 Å². The summed E-state index contributed by atoms with van der Waals surface area (Å²) in [5.41, 5.74) is 7.61. The lowest BCUT2D eigenvalue weighted by Crippen LogP contribution is -2.03. The van der Waals surface area contributed by atoms with Crippen LogP contribution in [0.5, 0.6) is 0 Å². The number of thiocarbonyl (C=S) groups is 1. The van der Waals surface area contributed by atoms with Gasteiger partial charge in [0.15, 0.2) is 0 Å². The van der Waals surface area contributed by atoms with Crippen LogP contribution in [0.15, 0.2) is 24.3 Å². The van der Waals surface area contributed by atoms with Gasteiger partial charge < -0.3 is 11.1 Å². The highest BCUT2D eigenvalue weighted by molar-refractivity contribution is 8.22. The first-order valence-corrected chi connectivity index (χ1v) is 5.53. The van der Waals surface area contributed by atoms with Gasteiger partial charge in [0.05, 0.1) is 0 Å². The molecule has 4 heteroatoms. The quantitative estimate of drug-likeness (QED) is 0.737. The van der Waals surface area contributed by atoms with Crippen LogP contribution in [0.1, 0.15) is 5.56 Å². The molecule has 0 aromatic heterocycles. The van der Waals surface area contributed by atoms with Gasteiger partial charge in [-0.05, 0) is 24.0 Å². The lowest BCUT2D eigenvalue weighted by atomic mass is 10.2. The summed E-state index contributed by atoms with van der Waals surface area (Å²) in [5, 5.41) is 3.10. The van der Waals surface area contributed by atoms with E-state index >= 15 is 0 Å². The van der Waals surface area contributed by atoms with E-state index in [-0.39, 0.29) is 0 Å². The summed E-state index contributed by atoms with van der Waals surface area (Å²) < 4.78 is 0.778. The Hall–Kier alpha value is -0.580. The zero-order valence-electron chi connectivity index (χ0n) is 7.41. The van der Waals surface area contributed by atoms with Gasteiger partial charge >= 0.3 is 0 Å². The van der Waals surface area contributed by atoms with Crippen molar-refractivity contribution in [3.8, 4) is 0 Å². The van der Waals surface area contributed by atoms with E-state index < -0.39 is 0 Å². The standard InChI is InChI=1S/C9H12N2S2/c1-13-9(12)11-8-4-2-7(6-10)3-5-8/h2-5H,6,10H2,1H3,(H,11,12). The normalized spacial score (nSPS) is 9.69. The van der Waals surface area contributed by atoms with Crippen LogP contribution in [0.25, 0.3) is 0 Å². The molecule has 1 aromatic rings. The number of rotatable bonds is 2. The lowest BCUT2D eigenvalue weighted by molar-refractivity contribution is 1.07. The van der Waals surface area contributed by atoms with Crippen LogP contribution in [0.2, 0.25) is 0 Å². The van der Waals surface area contributed by atoms with Gasteiger partial charge in [0.25, 0.3) is 0 Å². The summed E-state index contributed by atoms with van der Waals surface area (Å²) in [6.07, 6.45) is 1.95. The van der Waals surface area contributed by atoms with Crippen LogP contribution < -0.4 is 11.1 Å². The van der Waals surface area contributed by atoms with Crippen molar-refractivity contribution in [2.45, 2.75) is 6.54 Å². The van der Waals surface area contributed by atoms with Crippen molar-refractivity contribution < 1.29 is 0 Å². The molecule has 0 saturated carbocycles. The van der Waals surface area contributed by atoms with Crippen molar-refractivity contribution in [1.29, 1.82) is 0 Å². The molecule has 13 heavy (non-hydrogen) atoms. The highest BCUT2D eigenvalue weighted by Gasteiger charge is 1.95. The van der Waals surface area contributed by atoms with E-state index in [9.17, 15) is 0 Å². The second kappa shape index (κ2) is 5.21. The van der Waals surface area contributed by atoms with Crippen LogP contribution in [0.4, 0.5) is 5.69 Å². The van der Waals surface area contributed by atoms with Crippen LogP contribution in [0.3, 0.4) is 0 Å². The molecule has 1 rings (SSSR count). The van der Waals surface area contributed by atoms with Gasteiger partial charge in [0.2, 0.25) is 0 Å². The van der Waals surface area contributed by atoms with Crippen LogP contribution >= 0.6 is 24.0 Å². The molecule has 0 aliphatic rings. The van der Waals surface area contributed by atoms with Crippen LogP contribution in [0, 0.1) is 0 Å². The average Bonchev–Trinajstić information content (AvgIpc) is 2.19. The molecule has 0 unspecified atom stereocenters. The number of nitrogens with one attached hydrogen (secondary N) is 1. The van der Waals surface area contributed by atoms with E-state index in [1.165, 1.54) is 11.8 Å². The molecule has 0 heterocycles. The minimum atomic E-state index is 0.577. The van der Waals surface area contributed by atoms with E-state index in [1.807, 2.05) is 30.5 Å². The van der Waals surface area contributed by atoms with Crippen molar-refractivity contribution in [2.75, 3.05) is 11.6 Å². The number of nitrogens with two attached hydrogens (primary N) is 1. The summed E-state index contributed by atoms with van der Waals surface area (Å²) in [4.78, 5) is 0. The number of anilines is 1. The molecular formula is C9H12N2S2. The van der Waals surface area contributed by atoms with E-state index in [0.717, 1.165) is 15.6 Å². The third kappa shape index (κ3) is 3.34. The smallest absolute Gasteiger partial charge is 0.137 e. The molecule has 2 nitrogen and oxygen atoms in total. The molecule has 1 aromatic carbocycles. The minimum absolute atomic E-state index is 0.577. The van der Waals surface area contributed by atoms with Crippen LogP contribution in [-0.4, -0.2) is 10.6 Å². The highest BCUT2D eigenvalue weighted by Crippen LogP contribution is 2.11. The fraction of sp³-hybridized carbons (Fsp3) is 0.222. The van der Waals surface area contributed by atoms with Crippen LogP contribution in [-0.2, 0) is 6.54 Å². The van der Waals surface area contributed by atoms with E-state index in [1.54, 1.807) is 0 Å². The Balaban J connectivity index is 2.64. The zero-order valence-corrected chi connectivity index (χ0v) is 9.04. The maximum atomic E-state index is 5.48. The Morgan fingerprint density at radius 3 is 2.54 bits per heavy atom. The molecule has 0 fully saturated rings. The third-order valence-corrected chi connectivity index (χ3v) is 2.70. The third-order valence-electron chi connectivity index (χ3n) is 1.62. The summed E-state index contributed by atoms with van der Waals surface area (Å²) in [7, 11) is 0. The number of hydrogen-bond donors (Lipinski definition) is 2. The molecule has 0 atom stereocenters. The van der Waals surface area contributed by atoms with Crippen molar-refractivity contribution in [3.05, 3.63) is 29.8 Å². The van der Waals surface area contributed by atoms with Crippen molar-refractivity contribution in [1.82, 2.24) is 0 Å². The molecular weight excluding hydrogens is 200 g/mol. The molecule has 0 aliphatic heterocycles. The predicted molar refractivity (Wildman–Crippen MR) is 64.1 cm³/mol. The van der Waals surface area contributed by atoms with Crippen molar-refractivity contribution >= 4 is 34.0 Å². The zero-order chi connectivity index (χ0) is 9.68. The summed E-state index contributed by atoms with van der Waals surface area (Å²) >= 11 is 6.55. The molecule has 70 valence electrons. The average molecular weight is 212 g/mol. The molecule has 0 aliphatic carbocycles. The van der Waals surface area contributed by atoms with E-state index in [2.05, 4.69) is 5.32 Å². The van der Waals surface area contributed by atoms with Gasteiger partial charge in [-0.2, -0.15) is 0 Å². The topological polar surface area (TPSA) is 38.0 Å². The highest BCUT2D eigenvalue weighted by atomic mass is 32.2. The van der Waals surface area contributed by atoms with Gasteiger partial charge in [-0.25, -0.2) is 0 Å². The Kier molecular flexibility index (Phi) is 4.21. The van der Waals surface area contributed by atoms with Gasteiger partial charge in [0.1, 0.15) is 4.32 Å². The van der Waals surface area contributed by atoms with Crippen molar-refractivity contribution in [3.63, 3.8) is 0 Å². The number of benzene rings is 1. The molecule has 0 amide bonds. The summed E-state index contributed by atoms with van der Waals surface area (Å²) in [6.45, 7) is 0.577. The maximum absolute atomic E-state index is 5.48. The first-order valence-electron chi connectivity index (χ1n) is 3.90. The van der Waals surface area contributed by atoms with E-state index in [0.29, 0.717) is 6.54 Å². The van der Waals surface area contributed by atoms with E-state index in [4.69, 9.17) is 18.0 Å². The first-order chi connectivity index (χ1) is 6.26. The Labute approximate surface area is 87.9 Å². The van der Waals surface area contributed by atoms with Gasteiger partial charge in [-0.1, -0.05) is 24.4 Å². The summed E-state index contributed by atoms with van der Waals surface area (Å²) in [6, 6.07) is 7.94. The molecule has 3 N–H and O–H groups in total. The fourth-order valence-corrected chi connectivity index (χ4v) is 1.23. The molecule has 0 radical (unpaired) electrons. The number of thioether (sulfide) groups is 1. The Bertz CT molecular complexity index is 282. The summed E-state index contributed by atoms with van der Waals surface area (Å²) in [5.74, 6) is 0. The number of hydrogen-bond acceptors (Lipinski definition) is 3. The largest absolute Gasteiger partial charge is 0.341 e. The van der Waals surface area contributed by atoms with Gasteiger partial charge in [-0.15, -0.1) is 11.8 Å². The maximum Gasteiger partial charge on any atom is 0.137 e. The van der Waals surface area contributed by atoms with Gasteiger partial charge in [0, 0.05) is 12.2 Å². The lowest BCUT2D eigenvalue weighted by Gasteiger charge is -2.05. The second-order valence-corrected chi connectivity index (χ2v) is 4.00. The SMILES string of the molecule is CSC(=S)Nc1ccc(CN)cc1.